The summed E-state index contributed by atoms with van der Waals surface area (Å²) in [5.74, 6) is -0.378. The fourth-order valence-electron chi connectivity index (χ4n) is 4.55. The Morgan fingerprint density at radius 1 is 1.00 bits per heavy atom. The second-order valence-corrected chi connectivity index (χ2v) is 12.4. The first-order valence-corrected chi connectivity index (χ1v) is 14.8. The molecule has 5 rings (SSSR count). The van der Waals surface area contributed by atoms with Gasteiger partial charge in [-0.3, -0.25) is 4.79 Å². The lowest BCUT2D eigenvalue weighted by Crippen LogP contribution is -2.29. The van der Waals surface area contributed by atoms with Crippen LogP contribution in [0, 0.1) is 0 Å². The summed E-state index contributed by atoms with van der Waals surface area (Å²) in [6.45, 7) is 2.65. The Bertz CT molecular complexity index is 1590. The van der Waals surface area contributed by atoms with E-state index in [1.807, 2.05) is 31.2 Å². The maximum atomic E-state index is 13.8. The molecule has 0 bridgehead atoms. The van der Waals surface area contributed by atoms with Crippen molar-refractivity contribution in [3.8, 4) is 5.75 Å². The molecule has 0 fully saturated rings. The Morgan fingerprint density at radius 2 is 1.72 bits per heavy atom. The lowest BCUT2D eigenvalue weighted by Gasteiger charge is -2.21. The van der Waals surface area contributed by atoms with Crippen LogP contribution in [0.2, 0.25) is 0 Å². The van der Waals surface area contributed by atoms with Gasteiger partial charge in [0, 0.05) is 12.2 Å². The lowest BCUT2D eigenvalue weighted by molar-refractivity contribution is 0.0985. The van der Waals surface area contributed by atoms with Gasteiger partial charge in [-0.05, 0) is 48.7 Å². The van der Waals surface area contributed by atoms with E-state index in [1.165, 1.54) is 24.3 Å². The van der Waals surface area contributed by atoms with Crippen molar-refractivity contribution in [3.05, 3.63) is 88.8 Å². The maximum Gasteiger partial charge on any atom is 0.262 e. The van der Waals surface area contributed by atoms with Gasteiger partial charge >= 0.3 is 0 Å². The van der Waals surface area contributed by atoms with Gasteiger partial charge in [-0.15, -0.1) is 0 Å². The number of hydrogen-bond donors (Lipinski definition) is 0. The molecule has 0 saturated carbocycles. The molecule has 0 atom stereocenters. The molecule has 0 radical (unpaired) electrons. The molecule has 3 aromatic carbocycles. The zero-order valence-corrected chi connectivity index (χ0v) is 21.3. The average molecular weight is 524 g/mol. The molecule has 0 N–H and O–H groups in total. The van der Waals surface area contributed by atoms with Crippen LogP contribution in [0.4, 0.5) is 5.69 Å². The van der Waals surface area contributed by atoms with Gasteiger partial charge in [-0.25, -0.2) is 16.8 Å². The van der Waals surface area contributed by atoms with Gasteiger partial charge < -0.3 is 9.64 Å². The molecule has 2 aliphatic heterocycles. The Balaban J connectivity index is 1.69. The minimum atomic E-state index is -4.21. The highest BCUT2D eigenvalue weighted by Gasteiger charge is 2.40. The number of carbonyl (C=O) groups is 1. The lowest BCUT2D eigenvalue weighted by atomic mass is 10.1. The average Bonchev–Trinajstić information content (AvgIpc) is 3.43. The SMILES string of the molecule is CCCCOc1c(C(=O)N2CCc3ccccc32)ccc2c1C(S(=O)(=O)c1ccccc1)=CS2(=O)=O. The van der Waals surface area contributed by atoms with Crippen LogP contribution in [0.15, 0.2) is 81.9 Å². The van der Waals surface area contributed by atoms with Gasteiger partial charge in [0.15, 0.2) is 0 Å². The number of hydrogen-bond acceptors (Lipinski definition) is 6. The van der Waals surface area contributed by atoms with Crippen LogP contribution >= 0.6 is 0 Å². The molecule has 7 nitrogen and oxygen atoms in total. The highest BCUT2D eigenvalue weighted by molar-refractivity contribution is 8.03. The number of para-hydroxylation sites is 1. The van der Waals surface area contributed by atoms with E-state index in [9.17, 15) is 21.6 Å². The summed E-state index contributed by atoms with van der Waals surface area (Å²) in [6, 6.07) is 18.0. The third-order valence-corrected chi connectivity index (χ3v) is 9.83. The standard InChI is InChI=1S/C27H25NO6S2/c1-2-3-17-34-26-21(27(29)28-16-15-19-9-7-8-12-22(19)28)13-14-23-25(26)24(18-35(23,30)31)36(32,33)20-10-5-4-6-11-20/h4-14,18H,2-3,15-17H2,1H3. The van der Waals surface area contributed by atoms with Crippen molar-refractivity contribution in [1.82, 2.24) is 0 Å². The van der Waals surface area contributed by atoms with Gasteiger partial charge in [-0.1, -0.05) is 49.7 Å². The molecule has 0 spiro atoms. The highest BCUT2D eigenvalue weighted by Crippen LogP contribution is 2.46. The molecule has 2 aliphatic rings. The minimum absolute atomic E-state index is 0.0119. The normalized spacial score (nSPS) is 15.8. The van der Waals surface area contributed by atoms with Gasteiger partial charge in [0.25, 0.3) is 5.91 Å². The number of carbonyl (C=O) groups excluding carboxylic acids is 1. The summed E-state index contributed by atoms with van der Waals surface area (Å²) in [7, 11) is -8.26. The van der Waals surface area contributed by atoms with Gasteiger partial charge in [0.2, 0.25) is 19.7 Å². The molecule has 0 aromatic heterocycles. The van der Waals surface area contributed by atoms with E-state index < -0.39 is 19.7 Å². The molecule has 3 aromatic rings. The second-order valence-electron chi connectivity index (χ2n) is 8.70. The number of sulfone groups is 2. The number of nitrogens with zero attached hydrogens (tertiary/aromatic N) is 1. The van der Waals surface area contributed by atoms with Crippen molar-refractivity contribution in [1.29, 1.82) is 0 Å². The number of ether oxygens (including phenoxy) is 1. The Kier molecular flexibility index (Phi) is 6.22. The van der Waals surface area contributed by atoms with Crippen LogP contribution in [0.1, 0.15) is 41.3 Å². The third-order valence-electron chi connectivity index (χ3n) is 6.38. The molecule has 0 saturated heterocycles. The van der Waals surface area contributed by atoms with E-state index in [1.54, 1.807) is 23.1 Å². The number of unbranched alkanes of at least 4 members (excludes halogenated alkanes) is 1. The van der Waals surface area contributed by atoms with Crippen molar-refractivity contribution in [2.45, 2.75) is 36.0 Å². The van der Waals surface area contributed by atoms with Crippen LogP contribution in [0.3, 0.4) is 0 Å². The van der Waals surface area contributed by atoms with Crippen molar-refractivity contribution >= 4 is 36.2 Å². The van der Waals surface area contributed by atoms with Crippen LogP contribution in [0.25, 0.3) is 4.91 Å². The molecular formula is C27H25NO6S2. The number of anilines is 1. The fraction of sp³-hybridized carbons (Fsp3) is 0.222. The second kappa shape index (κ2) is 9.22. The molecule has 186 valence electrons. The fourth-order valence-corrected chi connectivity index (χ4v) is 8.02. The van der Waals surface area contributed by atoms with E-state index in [0.717, 1.165) is 23.1 Å². The quantitative estimate of drug-likeness (QED) is 0.419. The third kappa shape index (κ3) is 4.02. The van der Waals surface area contributed by atoms with E-state index in [0.29, 0.717) is 19.4 Å². The highest BCUT2D eigenvalue weighted by atomic mass is 32.2. The van der Waals surface area contributed by atoms with Gasteiger partial charge in [-0.2, -0.15) is 0 Å². The van der Waals surface area contributed by atoms with Crippen LogP contribution in [-0.2, 0) is 26.1 Å². The summed E-state index contributed by atoms with van der Waals surface area (Å²) in [6.07, 6.45) is 2.16. The monoisotopic (exact) mass is 523 g/mol. The largest absolute Gasteiger partial charge is 0.492 e. The van der Waals surface area contributed by atoms with Gasteiger partial charge in [0.1, 0.15) is 5.75 Å². The predicted molar refractivity (Wildman–Crippen MR) is 137 cm³/mol. The van der Waals surface area contributed by atoms with Crippen molar-refractivity contribution in [3.63, 3.8) is 0 Å². The topological polar surface area (TPSA) is 97.8 Å². The molecule has 9 heteroatoms. The zero-order valence-electron chi connectivity index (χ0n) is 19.7. The minimum Gasteiger partial charge on any atom is -0.492 e. The van der Waals surface area contributed by atoms with Crippen molar-refractivity contribution < 1.29 is 26.4 Å². The first-order valence-electron chi connectivity index (χ1n) is 11.7. The summed E-state index contributed by atoms with van der Waals surface area (Å²) >= 11 is 0. The molecule has 36 heavy (non-hydrogen) atoms. The van der Waals surface area contributed by atoms with E-state index in [4.69, 9.17) is 4.74 Å². The maximum absolute atomic E-state index is 13.8. The van der Waals surface area contributed by atoms with Crippen LogP contribution < -0.4 is 9.64 Å². The molecule has 1 amide bonds. The zero-order chi connectivity index (χ0) is 25.5. The van der Waals surface area contributed by atoms with E-state index in [-0.39, 0.29) is 44.1 Å². The number of amides is 1. The van der Waals surface area contributed by atoms with Crippen LogP contribution in [-0.4, -0.2) is 35.9 Å². The number of rotatable bonds is 7. The first kappa shape index (κ1) is 24.3. The number of fused-ring (bicyclic) bond motifs is 2. The Morgan fingerprint density at radius 3 is 2.47 bits per heavy atom. The molecular weight excluding hydrogens is 498 g/mol. The first-order chi connectivity index (χ1) is 17.3. The summed E-state index contributed by atoms with van der Waals surface area (Å²) in [5, 5.41) is 0.770. The van der Waals surface area contributed by atoms with Crippen LogP contribution in [0.5, 0.6) is 5.75 Å². The van der Waals surface area contributed by atoms with Gasteiger partial charge in [0.05, 0.1) is 37.8 Å². The summed E-state index contributed by atoms with van der Waals surface area (Å²) < 4.78 is 59.3. The summed E-state index contributed by atoms with van der Waals surface area (Å²) in [5.41, 5.74) is 1.87. The number of benzene rings is 3. The van der Waals surface area contributed by atoms with E-state index >= 15 is 0 Å². The Hall–Kier alpha value is -3.43. The smallest absolute Gasteiger partial charge is 0.262 e. The molecule has 0 aliphatic carbocycles. The Labute approximate surface area is 210 Å². The predicted octanol–water partition coefficient (Wildman–Crippen LogP) is 4.63. The van der Waals surface area contributed by atoms with Crippen molar-refractivity contribution in [2.24, 2.45) is 0 Å². The summed E-state index contributed by atoms with van der Waals surface area (Å²) in [4.78, 5) is 14.8. The molecule has 0 unspecified atom stereocenters. The molecule has 2 heterocycles. The van der Waals surface area contributed by atoms with E-state index in [2.05, 4.69) is 0 Å². The van der Waals surface area contributed by atoms with Crippen molar-refractivity contribution in [2.75, 3.05) is 18.1 Å².